The molecule has 11 heteroatoms. The Hall–Kier alpha value is -4.54. The van der Waals surface area contributed by atoms with Gasteiger partial charge >= 0.3 is 0 Å². The number of carbonyl (C=O) groups is 4. The van der Waals surface area contributed by atoms with Gasteiger partial charge in [-0.1, -0.05) is 35.5 Å². The van der Waals surface area contributed by atoms with Crippen LogP contribution in [0.3, 0.4) is 0 Å². The highest BCUT2D eigenvalue weighted by atomic mass is 16.5. The van der Waals surface area contributed by atoms with E-state index in [1.165, 1.54) is 15.8 Å². The molecule has 2 aliphatic heterocycles. The normalized spacial score (nSPS) is 17.3. The average Bonchev–Trinajstić information content (AvgIpc) is 3.44. The third-order valence-corrected chi connectivity index (χ3v) is 6.09. The quantitative estimate of drug-likeness (QED) is 0.480. The van der Waals surface area contributed by atoms with Crippen molar-refractivity contribution in [3.05, 3.63) is 76.6 Å². The molecular formula is C24H22N6O5. The number of carbonyl (C=O) groups excluding carboxylic acids is 4. The Morgan fingerprint density at radius 2 is 1.89 bits per heavy atom. The van der Waals surface area contributed by atoms with E-state index in [0.717, 1.165) is 16.7 Å². The van der Waals surface area contributed by atoms with E-state index < -0.39 is 17.9 Å². The van der Waals surface area contributed by atoms with Crippen LogP contribution in [0.2, 0.25) is 0 Å². The third kappa shape index (κ3) is 4.47. The van der Waals surface area contributed by atoms with Gasteiger partial charge < -0.3 is 15.4 Å². The number of nitrogens with two attached hydrogens (primary N) is 1. The number of ether oxygens (including phenoxy) is 1. The van der Waals surface area contributed by atoms with E-state index in [2.05, 4.69) is 15.6 Å². The summed E-state index contributed by atoms with van der Waals surface area (Å²) in [4.78, 5) is 49.3. The molecule has 11 nitrogen and oxygen atoms in total. The Bertz CT molecular complexity index is 1330. The molecule has 1 saturated heterocycles. The van der Waals surface area contributed by atoms with Gasteiger partial charge in [0.05, 0.1) is 19.3 Å². The number of hydrogen-bond donors (Lipinski definition) is 2. The molecule has 0 radical (unpaired) electrons. The molecule has 1 fully saturated rings. The zero-order valence-corrected chi connectivity index (χ0v) is 18.6. The molecule has 1 unspecified atom stereocenters. The van der Waals surface area contributed by atoms with Crippen molar-refractivity contribution in [2.45, 2.75) is 38.6 Å². The summed E-state index contributed by atoms with van der Waals surface area (Å²) in [5.41, 5.74) is 8.43. The summed E-state index contributed by atoms with van der Waals surface area (Å²) in [6.07, 6.45) is 2.01. The largest absolute Gasteiger partial charge is 0.489 e. The molecule has 2 aromatic carbocycles. The summed E-state index contributed by atoms with van der Waals surface area (Å²) in [7, 11) is 0. The molecule has 35 heavy (non-hydrogen) atoms. The SMILES string of the molecule is NC(=O)c1cn(Cc2ccc(COc3cccc4c3CN(C3CCC(=O)NC3=O)C4=O)cc2)nn1. The molecule has 0 spiro atoms. The number of piperidine rings is 1. The summed E-state index contributed by atoms with van der Waals surface area (Å²) in [5, 5.41) is 9.92. The smallest absolute Gasteiger partial charge is 0.270 e. The molecule has 178 valence electrons. The first kappa shape index (κ1) is 22.3. The van der Waals surface area contributed by atoms with Crippen LogP contribution in [-0.2, 0) is 29.3 Å². The molecule has 4 amide bonds. The van der Waals surface area contributed by atoms with Crippen LogP contribution in [0.25, 0.3) is 0 Å². The van der Waals surface area contributed by atoms with Crippen LogP contribution >= 0.6 is 0 Å². The maximum Gasteiger partial charge on any atom is 0.270 e. The Balaban J connectivity index is 1.24. The fourth-order valence-corrected chi connectivity index (χ4v) is 4.27. The van der Waals surface area contributed by atoms with Gasteiger partial charge in [-0.2, -0.15) is 0 Å². The zero-order valence-electron chi connectivity index (χ0n) is 18.6. The maximum absolute atomic E-state index is 12.9. The van der Waals surface area contributed by atoms with E-state index in [1.54, 1.807) is 18.2 Å². The number of nitrogens with zero attached hydrogens (tertiary/aromatic N) is 4. The lowest BCUT2D eigenvalue weighted by molar-refractivity contribution is -0.136. The predicted molar refractivity (Wildman–Crippen MR) is 121 cm³/mol. The molecule has 0 bridgehead atoms. The summed E-state index contributed by atoms with van der Waals surface area (Å²) >= 11 is 0. The monoisotopic (exact) mass is 474 g/mol. The van der Waals surface area contributed by atoms with Crippen molar-refractivity contribution in [1.82, 2.24) is 25.2 Å². The number of hydrogen-bond acceptors (Lipinski definition) is 7. The van der Waals surface area contributed by atoms with Gasteiger partial charge in [-0.25, -0.2) is 4.68 Å². The third-order valence-electron chi connectivity index (χ3n) is 6.09. The molecule has 0 aliphatic carbocycles. The topological polar surface area (TPSA) is 150 Å². The molecule has 5 rings (SSSR count). The summed E-state index contributed by atoms with van der Waals surface area (Å²) < 4.78 is 7.57. The molecule has 2 aliphatic rings. The minimum Gasteiger partial charge on any atom is -0.489 e. The summed E-state index contributed by atoms with van der Waals surface area (Å²) in [5.74, 6) is -1.05. The highest BCUT2D eigenvalue weighted by Gasteiger charge is 2.40. The van der Waals surface area contributed by atoms with Gasteiger partial charge in [-0.3, -0.25) is 24.5 Å². The fraction of sp³-hybridized carbons (Fsp3) is 0.250. The van der Waals surface area contributed by atoms with Gasteiger partial charge in [-0.05, 0) is 29.7 Å². The first-order valence-electron chi connectivity index (χ1n) is 11.1. The average molecular weight is 474 g/mol. The number of primary amides is 1. The maximum atomic E-state index is 12.9. The van der Waals surface area contributed by atoms with Crippen molar-refractivity contribution in [2.24, 2.45) is 5.73 Å². The van der Waals surface area contributed by atoms with Crippen LogP contribution in [-0.4, -0.2) is 49.6 Å². The second-order valence-electron chi connectivity index (χ2n) is 8.45. The van der Waals surface area contributed by atoms with Crippen LogP contribution in [0.1, 0.15) is 50.4 Å². The first-order chi connectivity index (χ1) is 16.9. The van der Waals surface area contributed by atoms with Crippen LogP contribution < -0.4 is 15.8 Å². The number of nitrogens with one attached hydrogen (secondary N) is 1. The number of fused-ring (bicyclic) bond motifs is 1. The van der Waals surface area contributed by atoms with Crippen LogP contribution in [0, 0.1) is 0 Å². The van der Waals surface area contributed by atoms with Gasteiger partial charge in [0.15, 0.2) is 5.69 Å². The molecular weight excluding hydrogens is 452 g/mol. The molecule has 3 aromatic rings. The molecule has 0 saturated carbocycles. The Labute approximate surface area is 199 Å². The molecule has 1 aromatic heterocycles. The zero-order chi connectivity index (χ0) is 24.5. The van der Waals surface area contributed by atoms with Crippen LogP contribution in [0.15, 0.2) is 48.7 Å². The standard InChI is InChI=1S/C24H22N6O5/c25-22(32)18-12-29(28-27-18)10-14-4-6-15(7-5-14)13-35-20-3-1-2-16-17(20)11-30(24(16)34)19-8-9-21(31)26-23(19)33/h1-7,12,19H,8-11,13H2,(H2,25,32)(H,26,31,33). The Morgan fingerprint density at radius 1 is 1.11 bits per heavy atom. The van der Waals surface area contributed by atoms with Gasteiger partial charge in [-0.15, -0.1) is 5.10 Å². The number of amides is 4. The highest BCUT2D eigenvalue weighted by molar-refractivity contribution is 6.05. The Morgan fingerprint density at radius 3 is 2.60 bits per heavy atom. The molecule has 1 atom stereocenters. The molecule has 3 heterocycles. The summed E-state index contributed by atoms with van der Waals surface area (Å²) in [6, 6.07) is 12.3. The van der Waals surface area contributed by atoms with E-state index in [9.17, 15) is 19.2 Å². The van der Waals surface area contributed by atoms with Gasteiger partial charge in [0.2, 0.25) is 11.8 Å². The van der Waals surface area contributed by atoms with Crippen LogP contribution in [0.4, 0.5) is 0 Å². The minimum atomic E-state index is -0.669. The van der Waals surface area contributed by atoms with Gasteiger partial charge in [0.1, 0.15) is 18.4 Å². The second kappa shape index (κ2) is 9.01. The lowest BCUT2D eigenvalue weighted by atomic mass is 10.0. The van der Waals surface area contributed by atoms with Gasteiger partial charge in [0.25, 0.3) is 11.8 Å². The number of benzene rings is 2. The van der Waals surface area contributed by atoms with Crippen molar-refractivity contribution in [1.29, 1.82) is 0 Å². The van der Waals surface area contributed by atoms with E-state index in [1.807, 2.05) is 24.3 Å². The molecule has 3 N–H and O–H groups in total. The Kier molecular flexibility index (Phi) is 5.73. The van der Waals surface area contributed by atoms with Crippen molar-refractivity contribution in [3.8, 4) is 5.75 Å². The number of rotatable bonds is 7. The van der Waals surface area contributed by atoms with Crippen molar-refractivity contribution in [3.63, 3.8) is 0 Å². The van der Waals surface area contributed by atoms with E-state index in [4.69, 9.17) is 10.5 Å². The number of imide groups is 1. The van der Waals surface area contributed by atoms with Gasteiger partial charge in [0, 0.05) is 17.5 Å². The fourth-order valence-electron chi connectivity index (χ4n) is 4.27. The minimum absolute atomic E-state index is 0.111. The van der Waals surface area contributed by atoms with E-state index in [-0.39, 0.29) is 30.5 Å². The first-order valence-corrected chi connectivity index (χ1v) is 11.1. The van der Waals surface area contributed by atoms with E-state index >= 15 is 0 Å². The number of aromatic nitrogens is 3. The highest BCUT2D eigenvalue weighted by Crippen LogP contribution is 2.33. The van der Waals surface area contributed by atoms with E-state index in [0.29, 0.717) is 30.9 Å². The van der Waals surface area contributed by atoms with Crippen molar-refractivity contribution >= 4 is 23.6 Å². The van der Waals surface area contributed by atoms with Crippen molar-refractivity contribution < 1.29 is 23.9 Å². The predicted octanol–water partition coefficient (Wildman–Crippen LogP) is 0.765. The van der Waals surface area contributed by atoms with Crippen molar-refractivity contribution in [2.75, 3.05) is 0 Å². The lowest BCUT2D eigenvalue weighted by Crippen LogP contribution is -2.52. The second-order valence-corrected chi connectivity index (χ2v) is 8.45. The summed E-state index contributed by atoms with van der Waals surface area (Å²) in [6.45, 7) is 0.977. The lowest BCUT2D eigenvalue weighted by Gasteiger charge is -2.29. The van der Waals surface area contributed by atoms with Crippen LogP contribution in [0.5, 0.6) is 5.75 Å².